The molecule has 150 valence electrons. The normalized spacial score (nSPS) is 18.3. The highest BCUT2D eigenvalue weighted by atomic mass is 32.1. The number of nitrogens with zero attached hydrogens (tertiary/aromatic N) is 4. The minimum atomic E-state index is -0.00657. The van der Waals surface area contributed by atoms with Crippen molar-refractivity contribution in [2.75, 3.05) is 19.6 Å². The maximum atomic E-state index is 12.7. The Kier molecular flexibility index (Phi) is 5.37. The molecule has 3 heterocycles. The van der Waals surface area contributed by atoms with Crippen LogP contribution in [0.15, 0.2) is 29.6 Å². The van der Waals surface area contributed by atoms with Gasteiger partial charge in [-0.3, -0.25) is 9.59 Å². The van der Waals surface area contributed by atoms with Gasteiger partial charge in [0.15, 0.2) is 0 Å². The van der Waals surface area contributed by atoms with Gasteiger partial charge in [0.05, 0.1) is 35.3 Å². The van der Waals surface area contributed by atoms with Gasteiger partial charge in [0, 0.05) is 36.9 Å². The molecule has 2 amide bonds. The zero-order valence-electron chi connectivity index (χ0n) is 16.6. The van der Waals surface area contributed by atoms with E-state index in [4.69, 9.17) is 5.26 Å². The number of carbonyl (C=O) groups is 2. The average molecular weight is 409 g/mol. The van der Waals surface area contributed by atoms with Crippen LogP contribution in [0.25, 0.3) is 0 Å². The van der Waals surface area contributed by atoms with E-state index in [-0.39, 0.29) is 17.2 Å². The number of aromatic nitrogens is 1. The summed E-state index contributed by atoms with van der Waals surface area (Å²) in [6, 6.07) is 9.27. The van der Waals surface area contributed by atoms with Crippen LogP contribution < -0.4 is 0 Å². The molecule has 2 saturated heterocycles. The molecule has 2 fully saturated rings. The molecule has 0 atom stereocenters. The van der Waals surface area contributed by atoms with Crippen LogP contribution in [0, 0.1) is 23.7 Å². The van der Waals surface area contributed by atoms with Crippen LogP contribution in [0.1, 0.15) is 41.1 Å². The number of aryl methyl sites for hydroxylation is 1. The van der Waals surface area contributed by atoms with Gasteiger partial charge in [-0.1, -0.05) is 12.1 Å². The summed E-state index contributed by atoms with van der Waals surface area (Å²) in [5.41, 5.74) is 2.49. The van der Waals surface area contributed by atoms with Gasteiger partial charge in [0.1, 0.15) is 0 Å². The third kappa shape index (κ3) is 4.33. The van der Waals surface area contributed by atoms with Crippen molar-refractivity contribution in [2.45, 2.75) is 39.2 Å². The molecule has 7 heteroatoms. The topological polar surface area (TPSA) is 77.3 Å². The predicted octanol–water partition coefficient (Wildman–Crippen LogP) is 2.91. The van der Waals surface area contributed by atoms with Crippen molar-refractivity contribution in [3.05, 3.63) is 51.5 Å². The van der Waals surface area contributed by atoms with Crippen molar-refractivity contribution < 1.29 is 9.59 Å². The largest absolute Gasteiger partial charge is 0.342 e. The summed E-state index contributed by atoms with van der Waals surface area (Å²) < 4.78 is 0. The molecule has 0 radical (unpaired) electrons. The van der Waals surface area contributed by atoms with Gasteiger partial charge in [-0.05, 0) is 37.5 Å². The van der Waals surface area contributed by atoms with Crippen LogP contribution in [0.3, 0.4) is 0 Å². The second-order valence-electron chi connectivity index (χ2n) is 8.15. The van der Waals surface area contributed by atoms with Crippen molar-refractivity contribution in [1.82, 2.24) is 14.8 Å². The van der Waals surface area contributed by atoms with Crippen molar-refractivity contribution in [3.8, 4) is 6.07 Å². The monoisotopic (exact) mass is 408 g/mol. The Morgan fingerprint density at radius 2 is 2.00 bits per heavy atom. The Labute approximate surface area is 174 Å². The smallest absolute Gasteiger partial charge is 0.226 e. The van der Waals surface area contributed by atoms with Gasteiger partial charge in [0.2, 0.25) is 11.8 Å². The molecule has 6 nitrogen and oxygen atoms in total. The first-order chi connectivity index (χ1) is 14.0. The van der Waals surface area contributed by atoms with Crippen LogP contribution >= 0.6 is 11.3 Å². The summed E-state index contributed by atoms with van der Waals surface area (Å²) >= 11 is 1.61. The lowest BCUT2D eigenvalue weighted by molar-refractivity contribution is -0.132. The minimum Gasteiger partial charge on any atom is -0.342 e. The molecule has 29 heavy (non-hydrogen) atoms. The Hall–Kier alpha value is -2.72. The Balaban J connectivity index is 1.32. The quantitative estimate of drug-likeness (QED) is 0.779. The van der Waals surface area contributed by atoms with Gasteiger partial charge in [-0.2, -0.15) is 5.26 Å². The maximum absolute atomic E-state index is 12.7. The summed E-state index contributed by atoms with van der Waals surface area (Å²) in [6.07, 6.45) is 2.66. The molecular weight excluding hydrogens is 384 g/mol. The highest BCUT2D eigenvalue weighted by Gasteiger charge is 2.45. The van der Waals surface area contributed by atoms with Crippen molar-refractivity contribution in [2.24, 2.45) is 5.41 Å². The summed E-state index contributed by atoms with van der Waals surface area (Å²) in [7, 11) is 0. The molecule has 0 N–H and O–H groups in total. The molecule has 0 unspecified atom stereocenters. The Morgan fingerprint density at radius 1 is 1.28 bits per heavy atom. The molecule has 2 aromatic rings. The van der Waals surface area contributed by atoms with Gasteiger partial charge < -0.3 is 9.80 Å². The number of thiazole rings is 1. The van der Waals surface area contributed by atoms with E-state index in [0.717, 1.165) is 35.7 Å². The van der Waals surface area contributed by atoms with E-state index in [2.05, 4.69) is 11.1 Å². The molecule has 0 aliphatic carbocycles. The fraction of sp³-hybridized carbons (Fsp3) is 0.455. The molecule has 2 aliphatic heterocycles. The first-order valence-corrected chi connectivity index (χ1v) is 10.8. The van der Waals surface area contributed by atoms with E-state index in [1.54, 1.807) is 23.5 Å². The summed E-state index contributed by atoms with van der Waals surface area (Å²) in [4.78, 5) is 33.6. The number of benzene rings is 1. The number of nitriles is 1. The van der Waals surface area contributed by atoms with Crippen molar-refractivity contribution >= 4 is 23.2 Å². The fourth-order valence-electron chi connectivity index (χ4n) is 4.35. The highest BCUT2D eigenvalue weighted by Crippen LogP contribution is 2.41. The van der Waals surface area contributed by atoms with Gasteiger partial charge in [-0.25, -0.2) is 4.98 Å². The standard InChI is InChI=1S/C22H24N4O2S/c1-16-24-19(14-29-16)13-26-15-22(11-21(26)28)6-8-25(9-7-22)20(27)10-17-2-4-18(12-23)5-3-17/h2-5,14H,6-11,13,15H2,1H3. The molecule has 4 rings (SSSR count). The van der Waals surface area contributed by atoms with E-state index in [1.807, 2.05) is 34.2 Å². The van der Waals surface area contributed by atoms with Crippen LogP contribution in [-0.2, 0) is 22.6 Å². The second kappa shape index (κ2) is 7.96. The number of piperidine rings is 1. The Morgan fingerprint density at radius 3 is 2.62 bits per heavy atom. The van der Waals surface area contributed by atoms with Crippen LogP contribution in [0.5, 0.6) is 0 Å². The predicted molar refractivity (Wildman–Crippen MR) is 110 cm³/mol. The maximum Gasteiger partial charge on any atom is 0.226 e. The first-order valence-electron chi connectivity index (χ1n) is 9.92. The van der Waals surface area contributed by atoms with Crippen molar-refractivity contribution in [1.29, 1.82) is 5.26 Å². The zero-order chi connectivity index (χ0) is 20.4. The number of hydrogen-bond donors (Lipinski definition) is 0. The third-order valence-corrected chi connectivity index (χ3v) is 6.86. The van der Waals surface area contributed by atoms with Gasteiger partial charge >= 0.3 is 0 Å². The van der Waals surface area contributed by atoms with E-state index in [0.29, 0.717) is 38.0 Å². The fourth-order valence-corrected chi connectivity index (χ4v) is 4.95. The molecule has 2 aliphatic rings. The van der Waals surface area contributed by atoms with Crippen LogP contribution in [0.4, 0.5) is 0 Å². The second-order valence-corrected chi connectivity index (χ2v) is 9.21. The highest BCUT2D eigenvalue weighted by molar-refractivity contribution is 7.09. The van der Waals surface area contributed by atoms with Crippen LogP contribution in [0.2, 0.25) is 0 Å². The molecule has 1 aromatic heterocycles. The molecule has 0 saturated carbocycles. The average Bonchev–Trinajstić information content (AvgIpc) is 3.26. The van der Waals surface area contributed by atoms with E-state index in [1.165, 1.54) is 0 Å². The lowest BCUT2D eigenvalue weighted by atomic mass is 9.77. The lowest BCUT2D eigenvalue weighted by Crippen LogP contribution is -2.44. The number of likely N-dealkylation sites (tertiary alicyclic amines) is 2. The van der Waals surface area contributed by atoms with Crippen LogP contribution in [-0.4, -0.2) is 46.2 Å². The number of rotatable bonds is 4. The Bertz CT molecular complexity index is 952. The molecule has 0 bridgehead atoms. The zero-order valence-corrected chi connectivity index (χ0v) is 17.4. The van der Waals surface area contributed by atoms with Gasteiger partial charge in [0.25, 0.3) is 0 Å². The van der Waals surface area contributed by atoms with E-state index in [9.17, 15) is 9.59 Å². The molecular formula is C22H24N4O2S. The third-order valence-electron chi connectivity index (χ3n) is 6.04. The summed E-state index contributed by atoms with van der Waals surface area (Å²) in [5, 5.41) is 11.9. The number of amides is 2. The molecule has 1 aromatic carbocycles. The SMILES string of the molecule is Cc1nc(CN2CC3(CCN(C(=O)Cc4ccc(C#N)cc4)CC3)CC2=O)cs1. The van der Waals surface area contributed by atoms with E-state index < -0.39 is 0 Å². The summed E-state index contributed by atoms with van der Waals surface area (Å²) in [6.45, 7) is 4.73. The minimum absolute atomic E-state index is 0.00657. The number of hydrogen-bond acceptors (Lipinski definition) is 5. The first kappa shape index (κ1) is 19.6. The number of carbonyl (C=O) groups excluding carboxylic acids is 2. The molecule has 1 spiro atoms. The lowest BCUT2D eigenvalue weighted by Gasteiger charge is -2.38. The van der Waals surface area contributed by atoms with Gasteiger partial charge in [-0.15, -0.1) is 11.3 Å². The van der Waals surface area contributed by atoms with E-state index >= 15 is 0 Å². The summed E-state index contributed by atoms with van der Waals surface area (Å²) in [5.74, 6) is 0.316. The van der Waals surface area contributed by atoms with Crippen molar-refractivity contribution in [3.63, 3.8) is 0 Å².